The Labute approximate surface area is 115 Å². The minimum absolute atomic E-state index is 0. The molecule has 0 N–H and O–H groups in total. The van der Waals surface area contributed by atoms with Crippen molar-refractivity contribution >= 4 is 9.47 Å². The van der Waals surface area contributed by atoms with Crippen LogP contribution in [0.3, 0.4) is 0 Å². The number of hydrogen-bond acceptors (Lipinski definition) is 2. The van der Waals surface area contributed by atoms with E-state index in [4.69, 9.17) is 9.79 Å². The number of nitriles is 1. The summed E-state index contributed by atoms with van der Waals surface area (Å²) in [6.45, 7) is 3.73. The SMILES string of the molecule is CC(C)(CC#N)OP.[Y].[Y]. The summed E-state index contributed by atoms with van der Waals surface area (Å²) in [4.78, 5) is 0. The molecular weight excluding hydrogens is 299 g/mol. The van der Waals surface area contributed by atoms with Crippen LogP contribution >= 0.6 is 9.47 Å². The first-order chi connectivity index (χ1) is 3.62. The fourth-order valence-electron chi connectivity index (χ4n) is 0.232. The van der Waals surface area contributed by atoms with Gasteiger partial charge in [-0.1, -0.05) is 0 Å². The maximum atomic E-state index is 8.19. The molecule has 0 aromatic carbocycles. The minimum Gasteiger partial charge on any atom is -0.359 e. The molecule has 0 amide bonds. The summed E-state index contributed by atoms with van der Waals surface area (Å²) >= 11 is 0. The predicted molar refractivity (Wildman–Crippen MR) is 35.1 cm³/mol. The van der Waals surface area contributed by atoms with Gasteiger partial charge < -0.3 is 4.52 Å². The predicted octanol–water partition coefficient (Wildman–Crippen LogP) is 1.48. The second-order valence-electron chi connectivity index (χ2n) is 2.21. The summed E-state index contributed by atoms with van der Waals surface area (Å²) in [5.74, 6) is 0. The van der Waals surface area contributed by atoms with E-state index in [1.165, 1.54) is 0 Å². The second kappa shape index (κ2) is 9.18. The first-order valence-corrected chi connectivity index (χ1v) is 2.84. The van der Waals surface area contributed by atoms with E-state index >= 15 is 0 Å². The Kier molecular flexibility index (Phi) is 16.5. The third kappa shape index (κ3) is 10.1. The molecule has 0 heterocycles. The van der Waals surface area contributed by atoms with Crippen LogP contribution in [-0.4, -0.2) is 5.60 Å². The zero-order valence-electron chi connectivity index (χ0n) is 6.29. The monoisotopic (exact) mass is 309 g/mol. The summed E-state index contributed by atoms with van der Waals surface area (Å²) in [7, 11) is 2.15. The van der Waals surface area contributed by atoms with E-state index in [0.717, 1.165) is 0 Å². The van der Waals surface area contributed by atoms with Crippen LogP contribution in [0.25, 0.3) is 0 Å². The van der Waals surface area contributed by atoms with Gasteiger partial charge in [0, 0.05) is 74.9 Å². The molecule has 0 aliphatic rings. The van der Waals surface area contributed by atoms with Crippen molar-refractivity contribution in [2.75, 3.05) is 0 Å². The van der Waals surface area contributed by atoms with Crippen molar-refractivity contribution in [1.29, 1.82) is 5.26 Å². The fourth-order valence-corrected chi connectivity index (χ4v) is 0.315. The van der Waals surface area contributed by atoms with Crippen molar-refractivity contribution in [3.63, 3.8) is 0 Å². The molecule has 0 saturated carbocycles. The van der Waals surface area contributed by atoms with Gasteiger partial charge in [-0.05, 0) is 13.8 Å². The zero-order valence-corrected chi connectivity index (χ0v) is 13.1. The Bertz CT molecular complexity index is 113. The first kappa shape index (κ1) is 18.0. The van der Waals surface area contributed by atoms with Crippen LogP contribution in [0, 0.1) is 11.3 Å². The number of hydrogen-bond donors (Lipinski definition) is 0. The van der Waals surface area contributed by atoms with Gasteiger partial charge >= 0.3 is 0 Å². The largest absolute Gasteiger partial charge is 0.359 e. The van der Waals surface area contributed by atoms with E-state index in [1.807, 2.05) is 19.9 Å². The van der Waals surface area contributed by atoms with E-state index in [9.17, 15) is 0 Å². The zero-order chi connectivity index (χ0) is 6.62. The average Bonchev–Trinajstić information content (AvgIpc) is 1.67. The van der Waals surface area contributed by atoms with Gasteiger partial charge in [-0.25, -0.2) is 0 Å². The third-order valence-corrected chi connectivity index (χ3v) is 1.46. The molecule has 0 rings (SSSR count). The molecule has 0 aromatic heterocycles. The van der Waals surface area contributed by atoms with Gasteiger partial charge in [0.2, 0.25) is 0 Å². The van der Waals surface area contributed by atoms with Crippen molar-refractivity contribution in [2.45, 2.75) is 25.9 Å². The van der Waals surface area contributed by atoms with Crippen LogP contribution in [0.5, 0.6) is 0 Å². The van der Waals surface area contributed by atoms with Crippen LogP contribution in [0.15, 0.2) is 0 Å². The molecule has 10 heavy (non-hydrogen) atoms. The van der Waals surface area contributed by atoms with E-state index < -0.39 is 0 Å². The third-order valence-electron chi connectivity index (χ3n) is 0.824. The molecule has 2 radical (unpaired) electrons. The Morgan fingerprint density at radius 3 is 2.00 bits per heavy atom. The first-order valence-electron chi connectivity index (χ1n) is 2.37. The van der Waals surface area contributed by atoms with E-state index in [0.29, 0.717) is 6.42 Å². The normalized spacial score (nSPS) is 8.60. The Hall–Kier alpha value is 2.09. The standard InChI is InChI=1S/C5H10NOP.2Y/c1-5(2,7-8)3-4-6;;/h3,8H2,1-2H3;;. The van der Waals surface area contributed by atoms with Crippen molar-refractivity contribution in [3.8, 4) is 6.07 Å². The molecule has 0 aliphatic heterocycles. The molecule has 2 nitrogen and oxygen atoms in total. The quantitative estimate of drug-likeness (QED) is 0.724. The number of rotatable bonds is 2. The molecule has 1 unspecified atom stereocenters. The molecule has 0 fully saturated rings. The smallest absolute Gasteiger partial charge is 0.0791 e. The van der Waals surface area contributed by atoms with Crippen LogP contribution in [0.1, 0.15) is 20.3 Å². The fraction of sp³-hybridized carbons (Fsp3) is 0.800. The molecule has 0 saturated heterocycles. The van der Waals surface area contributed by atoms with Crippen molar-refractivity contribution in [1.82, 2.24) is 0 Å². The molecule has 0 aliphatic carbocycles. The molecule has 52 valence electrons. The Morgan fingerprint density at radius 1 is 1.50 bits per heavy atom. The van der Waals surface area contributed by atoms with Gasteiger partial charge in [-0.2, -0.15) is 5.26 Å². The van der Waals surface area contributed by atoms with Crippen LogP contribution < -0.4 is 0 Å². The van der Waals surface area contributed by atoms with Gasteiger partial charge in [0.1, 0.15) is 0 Å². The van der Waals surface area contributed by atoms with Crippen LogP contribution in [0.4, 0.5) is 0 Å². The second-order valence-corrected chi connectivity index (χ2v) is 2.45. The van der Waals surface area contributed by atoms with E-state index in [1.54, 1.807) is 0 Å². The van der Waals surface area contributed by atoms with Gasteiger partial charge in [-0.3, -0.25) is 0 Å². The summed E-state index contributed by atoms with van der Waals surface area (Å²) in [6.07, 6.45) is 0.427. The van der Waals surface area contributed by atoms with Gasteiger partial charge in [0.15, 0.2) is 0 Å². The summed E-state index contributed by atoms with van der Waals surface area (Å²) in [6, 6.07) is 2.02. The van der Waals surface area contributed by atoms with E-state index in [2.05, 4.69) is 9.47 Å². The summed E-state index contributed by atoms with van der Waals surface area (Å²) in [5, 5.41) is 8.19. The maximum absolute atomic E-state index is 8.19. The summed E-state index contributed by atoms with van der Waals surface area (Å²) < 4.78 is 4.87. The molecule has 1 atom stereocenters. The molecule has 0 spiro atoms. The van der Waals surface area contributed by atoms with Gasteiger partial charge in [0.25, 0.3) is 0 Å². The summed E-state index contributed by atoms with van der Waals surface area (Å²) in [5.41, 5.74) is -0.306. The van der Waals surface area contributed by atoms with Gasteiger partial charge in [0.05, 0.1) is 18.1 Å². The minimum atomic E-state index is -0.306. The molecule has 0 aromatic rings. The molecular formula is C5H10NOPY2. The van der Waals surface area contributed by atoms with Crippen LogP contribution in [0.2, 0.25) is 0 Å². The molecule has 0 bridgehead atoms. The van der Waals surface area contributed by atoms with Crippen molar-refractivity contribution < 1.29 is 69.9 Å². The maximum Gasteiger partial charge on any atom is 0.0791 e. The van der Waals surface area contributed by atoms with Crippen molar-refractivity contribution in [3.05, 3.63) is 0 Å². The van der Waals surface area contributed by atoms with Gasteiger partial charge in [-0.15, -0.1) is 0 Å². The average molecular weight is 309 g/mol. The topological polar surface area (TPSA) is 33.0 Å². The Morgan fingerprint density at radius 2 is 1.90 bits per heavy atom. The van der Waals surface area contributed by atoms with Crippen LogP contribution in [-0.2, 0) is 69.9 Å². The number of nitrogens with zero attached hydrogens (tertiary/aromatic N) is 1. The molecule has 5 heteroatoms. The Balaban J connectivity index is -0.000000245. The van der Waals surface area contributed by atoms with E-state index in [-0.39, 0.29) is 71.0 Å². The van der Waals surface area contributed by atoms with Crippen molar-refractivity contribution in [2.24, 2.45) is 0 Å².